The number of imidazole rings is 1. The first kappa shape index (κ1) is 16.3. The van der Waals surface area contributed by atoms with E-state index in [9.17, 15) is 5.11 Å². The number of pyridine rings is 1. The number of ether oxygens (including phenoxy) is 1. The number of para-hydroxylation sites is 1. The summed E-state index contributed by atoms with van der Waals surface area (Å²) in [4.78, 5) is 4.73. The molecule has 0 atom stereocenters. The molecule has 0 bridgehead atoms. The van der Waals surface area contributed by atoms with Gasteiger partial charge < -0.3 is 15.2 Å². The van der Waals surface area contributed by atoms with Crippen molar-refractivity contribution in [1.29, 1.82) is 0 Å². The zero-order chi connectivity index (χ0) is 18.1. The molecule has 0 radical (unpaired) electrons. The van der Waals surface area contributed by atoms with Gasteiger partial charge in [-0.2, -0.15) is 0 Å². The quantitative estimate of drug-likeness (QED) is 0.527. The Kier molecular flexibility index (Phi) is 4.14. The molecule has 26 heavy (non-hydrogen) atoms. The summed E-state index contributed by atoms with van der Waals surface area (Å²) in [6, 6.07) is 18.7. The Labute approximate surface area is 155 Å². The molecule has 0 saturated heterocycles. The van der Waals surface area contributed by atoms with Crippen molar-refractivity contribution in [2.75, 3.05) is 12.4 Å². The number of hydrogen-bond acceptors (Lipinski definition) is 4. The Morgan fingerprint density at radius 3 is 2.65 bits per heavy atom. The third kappa shape index (κ3) is 2.93. The van der Waals surface area contributed by atoms with E-state index in [1.54, 1.807) is 24.3 Å². The predicted octanol–water partition coefficient (Wildman–Crippen LogP) is 5.11. The molecule has 6 heteroatoms. The van der Waals surface area contributed by atoms with Crippen LogP contribution in [-0.2, 0) is 0 Å². The molecule has 0 unspecified atom stereocenters. The fraction of sp³-hybridized carbons (Fsp3) is 0.0500. The number of hydrogen-bond donors (Lipinski definition) is 2. The van der Waals surface area contributed by atoms with Crippen LogP contribution in [0.3, 0.4) is 0 Å². The van der Waals surface area contributed by atoms with E-state index in [4.69, 9.17) is 21.3 Å². The van der Waals surface area contributed by atoms with Crippen molar-refractivity contribution < 1.29 is 9.84 Å². The largest absolute Gasteiger partial charge is 0.504 e. The van der Waals surface area contributed by atoms with Crippen LogP contribution in [0.5, 0.6) is 11.5 Å². The van der Waals surface area contributed by atoms with Crippen molar-refractivity contribution in [1.82, 2.24) is 9.38 Å². The maximum Gasteiger partial charge on any atom is 0.161 e. The number of anilines is 2. The van der Waals surface area contributed by atoms with Crippen LogP contribution in [0.2, 0.25) is 5.02 Å². The Hall–Kier alpha value is -3.18. The molecule has 0 saturated carbocycles. The maximum atomic E-state index is 9.88. The highest BCUT2D eigenvalue weighted by Gasteiger charge is 2.16. The van der Waals surface area contributed by atoms with Gasteiger partial charge in [0.1, 0.15) is 17.2 Å². The first-order valence-corrected chi connectivity index (χ1v) is 8.40. The van der Waals surface area contributed by atoms with E-state index in [-0.39, 0.29) is 5.75 Å². The number of nitrogens with zero attached hydrogens (tertiary/aromatic N) is 2. The SMILES string of the molecule is COc1cc(-c2nc3ccc(Cl)cn3c2Nc2ccccc2)ccc1O. The highest BCUT2D eigenvalue weighted by atomic mass is 35.5. The molecule has 2 aromatic carbocycles. The first-order valence-electron chi connectivity index (χ1n) is 8.03. The van der Waals surface area contributed by atoms with Crippen molar-refractivity contribution in [3.05, 3.63) is 71.9 Å². The molecule has 2 N–H and O–H groups in total. The van der Waals surface area contributed by atoms with Gasteiger partial charge in [0.2, 0.25) is 0 Å². The van der Waals surface area contributed by atoms with Gasteiger partial charge in [-0.25, -0.2) is 4.98 Å². The van der Waals surface area contributed by atoms with Gasteiger partial charge in [-0.1, -0.05) is 29.8 Å². The molecule has 5 nitrogen and oxygen atoms in total. The van der Waals surface area contributed by atoms with Crippen molar-refractivity contribution in [2.24, 2.45) is 0 Å². The molecule has 0 fully saturated rings. The molecule has 0 amide bonds. The van der Waals surface area contributed by atoms with Crippen LogP contribution >= 0.6 is 11.6 Å². The van der Waals surface area contributed by atoms with Gasteiger partial charge in [0, 0.05) is 17.4 Å². The number of benzene rings is 2. The number of nitrogens with one attached hydrogen (secondary N) is 1. The zero-order valence-corrected chi connectivity index (χ0v) is 14.7. The summed E-state index contributed by atoms with van der Waals surface area (Å²) in [6.07, 6.45) is 1.82. The Bertz CT molecular complexity index is 1080. The average Bonchev–Trinajstić information content (AvgIpc) is 3.01. The summed E-state index contributed by atoms with van der Waals surface area (Å²) < 4.78 is 7.14. The molecule has 0 spiro atoms. The van der Waals surface area contributed by atoms with E-state index < -0.39 is 0 Å². The molecule has 4 aromatic rings. The van der Waals surface area contributed by atoms with Crippen LogP contribution in [0, 0.1) is 0 Å². The minimum Gasteiger partial charge on any atom is -0.504 e. The van der Waals surface area contributed by atoms with Crippen LogP contribution in [0.1, 0.15) is 0 Å². The van der Waals surface area contributed by atoms with Crippen LogP contribution in [0.4, 0.5) is 11.5 Å². The van der Waals surface area contributed by atoms with E-state index in [2.05, 4.69) is 5.32 Å². The minimum atomic E-state index is 0.0839. The fourth-order valence-electron chi connectivity index (χ4n) is 2.82. The molecule has 2 aromatic heterocycles. The minimum absolute atomic E-state index is 0.0839. The Morgan fingerprint density at radius 2 is 1.88 bits per heavy atom. The van der Waals surface area contributed by atoms with Gasteiger partial charge in [0.15, 0.2) is 11.5 Å². The smallest absolute Gasteiger partial charge is 0.161 e. The summed E-state index contributed by atoms with van der Waals surface area (Å²) >= 11 is 6.19. The van der Waals surface area contributed by atoms with E-state index in [1.807, 2.05) is 47.0 Å². The normalized spacial score (nSPS) is 10.8. The summed E-state index contributed by atoms with van der Waals surface area (Å²) in [5, 5.41) is 13.9. The number of halogens is 1. The van der Waals surface area contributed by atoms with Crippen molar-refractivity contribution in [3.63, 3.8) is 0 Å². The van der Waals surface area contributed by atoms with Crippen LogP contribution in [0.25, 0.3) is 16.9 Å². The van der Waals surface area contributed by atoms with E-state index in [0.29, 0.717) is 10.8 Å². The van der Waals surface area contributed by atoms with Crippen LogP contribution in [0.15, 0.2) is 66.9 Å². The fourth-order valence-corrected chi connectivity index (χ4v) is 2.98. The Morgan fingerprint density at radius 1 is 1.08 bits per heavy atom. The van der Waals surface area contributed by atoms with Gasteiger partial charge in [-0.05, 0) is 42.5 Å². The lowest BCUT2D eigenvalue weighted by Gasteiger charge is -2.10. The summed E-state index contributed by atoms with van der Waals surface area (Å²) in [5.41, 5.74) is 3.24. The van der Waals surface area contributed by atoms with Gasteiger partial charge in [-0.3, -0.25) is 4.40 Å². The predicted molar refractivity (Wildman–Crippen MR) is 104 cm³/mol. The summed E-state index contributed by atoms with van der Waals surface area (Å²) in [7, 11) is 1.52. The van der Waals surface area contributed by atoms with E-state index in [0.717, 1.165) is 28.4 Å². The third-order valence-corrected chi connectivity index (χ3v) is 4.30. The lowest BCUT2D eigenvalue weighted by molar-refractivity contribution is 0.373. The Balaban J connectivity index is 1.92. The highest BCUT2D eigenvalue weighted by molar-refractivity contribution is 6.30. The number of phenolic OH excluding ortho intramolecular Hbond substituents is 1. The summed E-state index contributed by atoms with van der Waals surface area (Å²) in [6.45, 7) is 0. The molecular formula is C20H16ClN3O2. The second-order valence-corrected chi connectivity index (χ2v) is 6.20. The standard InChI is InChI=1S/C20H16ClN3O2/c1-26-17-11-13(7-9-16(17)25)19-20(22-15-5-3-2-4-6-15)24-12-14(21)8-10-18(24)23-19/h2-12,22,25H,1H3. The van der Waals surface area contributed by atoms with Crippen LogP contribution < -0.4 is 10.1 Å². The third-order valence-electron chi connectivity index (χ3n) is 4.07. The van der Waals surface area contributed by atoms with Crippen molar-refractivity contribution in [3.8, 4) is 22.8 Å². The number of aromatic nitrogens is 2. The molecule has 130 valence electrons. The number of phenols is 1. The zero-order valence-electron chi connectivity index (χ0n) is 14.0. The average molecular weight is 366 g/mol. The first-order chi connectivity index (χ1) is 12.7. The van der Waals surface area contributed by atoms with Crippen LogP contribution in [-0.4, -0.2) is 21.6 Å². The maximum absolute atomic E-state index is 9.88. The van der Waals surface area contributed by atoms with Crippen molar-refractivity contribution >= 4 is 28.8 Å². The highest BCUT2D eigenvalue weighted by Crippen LogP contribution is 2.36. The number of methoxy groups -OCH3 is 1. The lowest BCUT2D eigenvalue weighted by Crippen LogP contribution is -1.97. The number of aromatic hydroxyl groups is 1. The summed E-state index contributed by atoms with van der Waals surface area (Å²) in [5.74, 6) is 1.25. The van der Waals surface area contributed by atoms with Crippen molar-refractivity contribution in [2.45, 2.75) is 0 Å². The van der Waals surface area contributed by atoms with E-state index >= 15 is 0 Å². The van der Waals surface area contributed by atoms with E-state index in [1.165, 1.54) is 7.11 Å². The lowest BCUT2D eigenvalue weighted by atomic mass is 10.1. The molecule has 2 heterocycles. The molecule has 0 aliphatic heterocycles. The van der Waals surface area contributed by atoms with Gasteiger partial charge in [0.25, 0.3) is 0 Å². The topological polar surface area (TPSA) is 58.8 Å². The van der Waals surface area contributed by atoms with Gasteiger partial charge in [0.05, 0.1) is 12.1 Å². The molecular weight excluding hydrogens is 350 g/mol. The van der Waals surface area contributed by atoms with Gasteiger partial charge >= 0.3 is 0 Å². The molecule has 4 rings (SSSR count). The number of rotatable bonds is 4. The second kappa shape index (κ2) is 6.61. The number of fused-ring (bicyclic) bond motifs is 1. The monoisotopic (exact) mass is 365 g/mol. The molecule has 0 aliphatic rings. The van der Waals surface area contributed by atoms with Gasteiger partial charge in [-0.15, -0.1) is 0 Å². The second-order valence-electron chi connectivity index (χ2n) is 5.76. The molecule has 0 aliphatic carbocycles.